The van der Waals surface area contributed by atoms with Crippen LogP contribution in [0.15, 0.2) is 6.20 Å². The Kier molecular flexibility index (Phi) is 3.76. The van der Waals surface area contributed by atoms with Gasteiger partial charge in [0.1, 0.15) is 3.70 Å². The summed E-state index contributed by atoms with van der Waals surface area (Å²) in [6.07, 6.45) is 1.73. The van der Waals surface area contributed by atoms with Gasteiger partial charge in [-0.2, -0.15) is 0 Å². The van der Waals surface area contributed by atoms with Gasteiger partial charge in [-0.1, -0.05) is 0 Å². The minimum atomic E-state index is -0.621. The highest BCUT2D eigenvalue weighted by molar-refractivity contribution is 14.1. The molecule has 8 heteroatoms. The molecule has 2 N–H and O–H groups in total. The fraction of sp³-hybridized carbons (Fsp3) is 0.400. The van der Waals surface area contributed by atoms with Crippen LogP contribution in [0.3, 0.4) is 0 Å². The number of methoxy groups -OCH3 is 1. The first-order chi connectivity index (χ1) is 8.52. The third kappa shape index (κ3) is 2.43. The van der Waals surface area contributed by atoms with Crippen molar-refractivity contribution in [2.75, 3.05) is 18.6 Å². The molecule has 1 aliphatic rings. The van der Waals surface area contributed by atoms with Crippen LogP contribution in [-0.2, 0) is 9.53 Å². The lowest BCUT2D eigenvalue weighted by molar-refractivity contribution is -0.117. The second-order valence-electron chi connectivity index (χ2n) is 3.83. The van der Waals surface area contributed by atoms with E-state index in [0.717, 1.165) is 0 Å². The molecule has 7 nitrogen and oxygen atoms in total. The molecule has 0 aliphatic carbocycles. The number of rotatable bonds is 2. The van der Waals surface area contributed by atoms with Gasteiger partial charge in [-0.25, -0.2) is 14.8 Å². The molecule has 1 atom stereocenters. The molecule has 2 rings (SSSR count). The Hall–Kier alpha value is -1.29. The maximum Gasteiger partial charge on any atom is 0.360 e. The summed E-state index contributed by atoms with van der Waals surface area (Å²) in [6, 6.07) is -0.246. The summed E-state index contributed by atoms with van der Waals surface area (Å²) in [5, 5.41) is 0. The van der Waals surface area contributed by atoms with E-state index < -0.39 is 5.97 Å². The van der Waals surface area contributed by atoms with Crippen LogP contribution in [0.2, 0.25) is 0 Å². The number of anilines is 1. The van der Waals surface area contributed by atoms with Crippen molar-refractivity contribution in [2.45, 2.75) is 12.5 Å². The SMILES string of the molecule is COC(=O)c1nc(I)cnc1N1CC(N)CC1=O. The number of esters is 1. The highest BCUT2D eigenvalue weighted by Crippen LogP contribution is 2.22. The lowest BCUT2D eigenvalue weighted by atomic mass is 10.3. The van der Waals surface area contributed by atoms with Crippen LogP contribution in [-0.4, -0.2) is 41.5 Å². The number of ether oxygens (including phenoxy) is 1. The van der Waals surface area contributed by atoms with Crippen molar-refractivity contribution >= 4 is 40.3 Å². The Morgan fingerprint density at radius 2 is 2.39 bits per heavy atom. The number of carbonyl (C=O) groups excluding carboxylic acids is 2. The van der Waals surface area contributed by atoms with Crippen LogP contribution in [0.5, 0.6) is 0 Å². The van der Waals surface area contributed by atoms with Gasteiger partial charge in [0.15, 0.2) is 11.5 Å². The zero-order valence-corrected chi connectivity index (χ0v) is 11.7. The summed E-state index contributed by atoms with van der Waals surface area (Å²) < 4.78 is 5.19. The molecule has 1 amide bonds. The van der Waals surface area contributed by atoms with E-state index in [-0.39, 0.29) is 29.9 Å². The largest absolute Gasteiger partial charge is 0.464 e. The molecule has 2 heterocycles. The monoisotopic (exact) mass is 362 g/mol. The fourth-order valence-electron chi connectivity index (χ4n) is 1.73. The summed E-state index contributed by atoms with van der Waals surface area (Å²) in [4.78, 5) is 32.9. The van der Waals surface area contributed by atoms with Crippen LogP contribution in [0, 0.1) is 3.70 Å². The van der Waals surface area contributed by atoms with Gasteiger partial charge in [-0.3, -0.25) is 9.69 Å². The Morgan fingerprint density at radius 1 is 1.67 bits per heavy atom. The molecule has 1 aromatic rings. The number of carbonyl (C=O) groups is 2. The van der Waals surface area contributed by atoms with E-state index in [1.165, 1.54) is 18.2 Å². The van der Waals surface area contributed by atoms with Gasteiger partial charge in [0.05, 0.1) is 13.3 Å². The van der Waals surface area contributed by atoms with Gasteiger partial charge in [-0.05, 0) is 22.6 Å². The van der Waals surface area contributed by atoms with Crippen LogP contribution in [0.1, 0.15) is 16.9 Å². The maximum absolute atomic E-state index is 11.8. The molecule has 0 aromatic carbocycles. The molecule has 1 fully saturated rings. The van der Waals surface area contributed by atoms with Gasteiger partial charge in [0.25, 0.3) is 0 Å². The van der Waals surface area contributed by atoms with E-state index in [9.17, 15) is 9.59 Å². The number of aromatic nitrogens is 2. The minimum absolute atomic E-state index is 0.0341. The van der Waals surface area contributed by atoms with Gasteiger partial charge < -0.3 is 10.5 Å². The van der Waals surface area contributed by atoms with Crippen LogP contribution in [0.4, 0.5) is 5.82 Å². The third-order valence-corrected chi connectivity index (χ3v) is 3.03. The van der Waals surface area contributed by atoms with Crippen molar-refractivity contribution < 1.29 is 14.3 Å². The molecule has 0 saturated carbocycles. The van der Waals surface area contributed by atoms with E-state index >= 15 is 0 Å². The average Bonchev–Trinajstić information content (AvgIpc) is 2.67. The van der Waals surface area contributed by atoms with Crippen molar-refractivity contribution in [1.29, 1.82) is 0 Å². The van der Waals surface area contributed by atoms with Crippen LogP contribution < -0.4 is 10.6 Å². The highest BCUT2D eigenvalue weighted by Gasteiger charge is 2.32. The molecule has 0 radical (unpaired) electrons. The normalized spacial score (nSPS) is 19.2. The molecule has 1 aromatic heterocycles. The summed E-state index contributed by atoms with van der Waals surface area (Å²) in [6.45, 7) is 0.331. The number of nitrogens with two attached hydrogens (primary N) is 1. The fourth-order valence-corrected chi connectivity index (χ4v) is 2.11. The Morgan fingerprint density at radius 3 is 2.94 bits per heavy atom. The second-order valence-corrected chi connectivity index (χ2v) is 4.93. The Labute approximate surface area is 117 Å². The lowest BCUT2D eigenvalue weighted by Gasteiger charge is -2.16. The van der Waals surface area contributed by atoms with Crippen molar-refractivity contribution in [3.8, 4) is 0 Å². The zero-order valence-electron chi connectivity index (χ0n) is 9.59. The van der Waals surface area contributed by atoms with E-state index in [1.807, 2.05) is 22.6 Å². The number of amides is 1. The van der Waals surface area contributed by atoms with E-state index in [1.54, 1.807) is 0 Å². The molecule has 1 unspecified atom stereocenters. The molecular weight excluding hydrogens is 351 g/mol. The first kappa shape index (κ1) is 13.1. The topological polar surface area (TPSA) is 98.4 Å². The first-order valence-electron chi connectivity index (χ1n) is 5.19. The molecule has 1 aliphatic heterocycles. The van der Waals surface area contributed by atoms with Crippen molar-refractivity contribution in [3.05, 3.63) is 15.6 Å². The van der Waals surface area contributed by atoms with Crippen LogP contribution >= 0.6 is 22.6 Å². The van der Waals surface area contributed by atoms with Gasteiger partial charge in [0, 0.05) is 19.0 Å². The predicted octanol–water partition coefficient (Wildman–Crippen LogP) is -0.0682. The predicted molar refractivity (Wildman–Crippen MR) is 71.0 cm³/mol. The Bertz CT molecular complexity index is 508. The van der Waals surface area contributed by atoms with Crippen molar-refractivity contribution in [2.24, 2.45) is 5.73 Å². The first-order valence-corrected chi connectivity index (χ1v) is 6.27. The van der Waals surface area contributed by atoms with Crippen LogP contribution in [0.25, 0.3) is 0 Å². The maximum atomic E-state index is 11.8. The highest BCUT2D eigenvalue weighted by atomic mass is 127. The van der Waals surface area contributed by atoms with Gasteiger partial charge in [0.2, 0.25) is 5.91 Å². The average molecular weight is 362 g/mol. The summed E-state index contributed by atoms with van der Waals surface area (Å²) in [5.41, 5.74) is 5.75. The number of halogens is 1. The molecule has 0 spiro atoms. The number of hydrogen-bond acceptors (Lipinski definition) is 6. The van der Waals surface area contributed by atoms with Gasteiger partial charge in [-0.15, -0.1) is 0 Å². The molecular formula is C10H11IN4O3. The van der Waals surface area contributed by atoms with E-state index in [4.69, 9.17) is 5.73 Å². The minimum Gasteiger partial charge on any atom is -0.464 e. The van der Waals surface area contributed by atoms with Crippen molar-refractivity contribution in [1.82, 2.24) is 9.97 Å². The van der Waals surface area contributed by atoms with Gasteiger partial charge >= 0.3 is 5.97 Å². The van der Waals surface area contributed by atoms with Crippen molar-refractivity contribution in [3.63, 3.8) is 0 Å². The number of nitrogens with zero attached hydrogens (tertiary/aromatic N) is 3. The van der Waals surface area contributed by atoms with E-state index in [0.29, 0.717) is 10.2 Å². The number of hydrogen-bond donors (Lipinski definition) is 1. The second kappa shape index (κ2) is 5.14. The molecule has 18 heavy (non-hydrogen) atoms. The quantitative estimate of drug-likeness (QED) is 0.584. The Balaban J connectivity index is 2.44. The molecule has 0 bridgehead atoms. The smallest absolute Gasteiger partial charge is 0.360 e. The summed E-state index contributed by atoms with van der Waals surface area (Å²) >= 11 is 1.93. The van der Waals surface area contributed by atoms with E-state index in [2.05, 4.69) is 14.7 Å². The molecule has 96 valence electrons. The summed E-state index contributed by atoms with van der Waals surface area (Å²) in [7, 11) is 1.26. The molecule has 1 saturated heterocycles. The summed E-state index contributed by atoms with van der Waals surface area (Å²) in [5.74, 6) is -0.576. The lowest BCUT2D eigenvalue weighted by Crippen LogP contribution is -2.31. The standard InChI is InChI=1S/C10H11IN4O3/c1-18-10(17)8-9(13-3-6(11)14-8)15-4-5(12)2-7(15)16/h3,5H,2,4,12H2,1H3. The third-order valence-electron chi connectivity index (χ3n) is 2.51. The zero-order chi connectivity index (χ0) is 13.3.